The molecule has 0 aromatic rings. The fourth-order valence-electron chi connectivity index (χ4n) is 3.71. The van der Waals surface area contributed by atoms with Crippen LogP contribution in [0.4, 0.5) is 0 Å². The Kier molecular flexibility index (Phi) is 6.07. The Hall–Kier alpha value is -1.06. The van der Waals surface area contributed by atoms with E-state index in [2.05, 4.69) is 12.2 Å². The molecular weight excluding hydrogens is 264 g/mol. The maximum atomic E-state index is 12.3. The zero-order valence-electron chi connectivity index (χ0n) is 13.6. The van der Waals surface area contributed by atoms with Crippen molar-refractivity contribution in [2.24, 2.45) is 17.8 Å². The van der Waals surface area contributed by atoms with Gasteiger partial charge in [-0.15, -0.1) is 0 Å². The van der Waals surface area contributed by atoms with E-state index >= 15 is 0 Å². The van der Waals surface area contributed by atoms with Crippen LogP contribution in [0.2, 0.25) is 0 Å². The molecule has 4 heteroatoms. The van der Waals surface area contributed by atoms with Crippen LogP contribution in [0.1, 0.15) is 58.8 Å². The molecule has 4 nitrogen and oxygen atoms in total. The fraction of sp³-hybridized carbons (Fsp3) is 0.882. The van der Waals surface area contributed by atoms with E-state index in [1.54, 1.807) is 11.8 Å². The molecule has 120 valence electrons. The van der Waals surface area contributed by atoms with Gasteiger partial charge in [0.15, 0.2) is 0 Å². The molecular formula is C17H30N2O2. The molecule has 2 rings (SSSR count). The van der Waals surface area contributed by atoms with E-state index in [9.17, 15) is 9.59 Å². The van der Waals surface area contributed by atoms with Crippen molar-refractivity contribution in [3.05, 3.63) is 0 Å². The number of hydrogen-bond acceptors (Lipinski definition) is 2. The smallest absolute Gasteiger partial charge is 0.224 e. The molecule has 1 heterocycles. The number of likely N-dealkylation sites (tertiary alicyclic amines) is 1. The number of carbonyl (C=O) groups is 2. The van der Waals surface area contributed by atoms with Crippen molar-refractivity contribution in [1.82, 2.24) is 10.2 Å². The number of piperidine rings is 1. The molecule has 0 radical (unpaired) electrons. The van der Waals surface area contributed by atoms with E-state index in [0.717, 1.165) is 31.8 Å². The summed E-state index contributed by atoms with van der Waals surface area (Å²) in [7, 11) is 0. The zero-order chi connectivity index (χ0) is 15.2. The normalized spacial score (nSPS) is 30.0. The highest BCUT2D eigenvalue weighted by atomic mass is 16.2. The van der Waals surface area contributed by atoms with Gasteiger partial charge in [-0.05, 0) is 37.5 Å². The van der Waals surface area contributed by atoms with Gasteiger partial charge in [-0.25, -0.2) is 0 Å². The van der Waals surface area contributed by atoms with Crippen LogP contribution in [0.5, 0.6) is 0 Å². The van der Waals surface area contributed by atoms with Crippen LogP contribution in [-0.2, 0) is 9.59 Å². The minimum Gasteiger partial charge on any atom is -0.356 e. The third kappa shape index (κ3) is 4.72. The number of nitrogens with zero attached hydrogens (tertiary/aromatic N) is 1. The van der Waals surface area contributed by atoms with Crippen molar-refractivity contribution < 1.29 is 9.59 Å². The van der Waals surface area contributed by atoms with Gasteiger partial charge in [-0.3, -0.25) is 9.59 Å². The lowest BCUT2D eigenvalue weighted by Gasteiger charge is -2.32. The first-order chi connectivity index (χ1) is 10.1. The molecule has 0 aromatic heterocycles. The molecule has 1 saturated carbocycles. The van der Waals surface area contributed by atoms with Crippen LogP contribution in [0.25, 0.3) is 0 Å². The lowest BCUT2D eigenvalue weighted by atomic mass is 9.81. The van der Waals surface area contributed by atoms with E-state index < -0.39 is 0 Å². The Morgan fingerprint density at radius 1 is 1.10 bits per heavy atom. The lowest BCUT2D eigenvalue weighted by Crippen LogP contribution is -2.45. The third-order valence-electron chi connectivity index (χ3n) is 5.35. The van der Waals surface area contributed by atoms with E-state index in [-0.39, 0.29) is 17.7 Å². The Balaban J connectivity index is 1.71. The molecule has 0 bridgehead atoms. The van der Waals surface area contributed by atoms with Crippen LogP contribution in [0, 0.1) is 17.8 Å². The van der Waals surface area contributed by atoms with Gasteiger partial charge in [0, 0.05) is 26.6 Å². The van der Waals surface area contributed by atoms with E-state index in [0.29, 0.717) is 12.5 Å². The number of amides is 2. The molecule has 1 N–H and O–H groups in total. The van der Waals surface area contributed by atoms with Crippen molar-refractivity contribution in [2.75, 3.05) is 19.6 Å². The SMILES string of the molecule is CCC1CCC(CNC(=O)C2CCCN(C(C)=O)C2)CC1. The fourth-order valence-corrected chi connectivity index (χ4v) is 3.71. The number of hydrogen-bond donors (Lipinski definition) is 1. The Bertz CT molecular complexity index is 362. The first kappa shape index (κ1) is 16.3. The van der Waals surface area contributed by atoms with Crippen LogP contribution < -0.4 is 5.32 Å². The average molecular weight is 294 g/mol. The van der Waals surface area contributed by atoms with E-state index in [4.69, 9.17) is 0 Å². The highest BCUT2D eigenvalue weighted by Gasteiger charge is 2.27. The summed E-state index contributed by atoms with van der Waals surface area (Å²) >= 11 is 0. The zero-order valence-corrected chi connectivity index (χ0v) is 13.6. The van der Waals surface area contributed by atoms with Crippen molar-refractivity contribution in [3.63, 3.8) is 0 Å². The summed E-state index contributed by atoms with van der Waals surface area (Å²) in [5, 5.41) is 3.14. The number of rotatable bonds is 4. The van der Waals surface area contributed by atoms with Gasteiger partial charge in [-0.2, -0.15) is 0 Å². The largest absolute Gasteiger partial charge is 0.356 e. The second-order valence-electron chi connectivity index (χ2n) is 6.84. The second kappa shape index (κ2) is 7.81. The molecule has 0 aromatic carbocycles. The molecule has 2 aliphatic rings. The molecule has 1 aliphatic heterocycles. The van der Waals surface area contributed by atoms with Crippen molar-refractivity contribution in [2.45, 2.75) is 58.8 Å². The Labute approximate surface area is 128 Å². The first-order valence-electron chi connectivity index (χ1n) is 8.63. The monoisotopic (exact) mass is 294 g/mol. The topological polar surface area (TPSA) is 49.4 Å². The maximum Gasteiger partial charge on any atom is 0.224 e. The van der Waals surface area contributed by atoms with Gasteiger partial charge in [0.05, 0.1) is 5.92 Å². The third-order valence-corrected chi connectivity index (χ3v) is 5.35. The van der Waals surface area contributed by atoms with Crippen molar-refractivity contribution in [3.8, 4) is 0 Å². The summed E-state index contributed by atoms with van der Waals surface area (Å²) in [6.45, 7) is 6.10. The average Bonchev–Trinajstić information content (AvgIpc) is 2.53. The highest BCUT2D eigenvalue weighted by Crippen LogP contribution is 2.30. The second-order valence-corrected chi connectivity index (χ2v) is 6.84. The summed E-state index contributed by atoms with van der Waals surface area (Å²) in [5.74, 6) is 1.79. The van der Waals surface area contributed by atoms with Crippen LogP contribution >= 0.6 is 0 Å². The Morgan fingerprint density at radius 2 is 1.76 bits per heavy atom. The molecule has 1 atom stereocenters. The van der Waals surface area contributed by atoms with E-state index in [1.807, 2.05) is 0 Å². The number of carbonyl (C=O) groups excluding carboxylic acids is 2. The number of nitrogens with one attached hydrogen (secondary N) is 1. The summed E-state index contributed by atoms with van der Waals surface area (Å²) in [6.07, 6.45) is 8.29. The minimum absolute atomic E-state index is 0.00497. The summed E-state index contributed by atoms with van der Waals surface area (Å²) in [6, 6.07) is 0. The molecule has 0 spiro atoms. The van der Waals surface area contributed by atoms with Crippen molar-refractivity contribution in [1.29, 1.82) is 0 Å². The molecule has 21 heavy (non-hydrogen) atoms. The Morgan fingerprint density at radius 3 is 2.38 bits per heavy atom. The van der Waals surface area contributed by atoms with Gasteiger partial charge < -0.3 is 10.2 Å². The molecule has 2 fully saturated rings. The van der Waals surface area contributed by atoms with Crippen LogP contribution in [0.3, 0.4) is 0 Å². The van der Waals surface area contributed by atoms with Gasteiger partial charge in [0.25, 0.3) is 0 Å². The molecule has 2 amide bonds. The molecule has 1 aliphatic carbocycles. The van der Waals surface area contributed by atoms with E-state index in [1.165, 1.54) is 32.1 Å². The maximum absolute atomic E-state index is 12.3. The minimum atomic E-state index is -0.00497. The van der Waals surface area contributed by atoms with Crippen molar-refractivity contribution >= 4 is 11.8 Å². The lowest BCUT2D eigenvalue weighted by molar-refractivity contribution is -0.134. The quantitative estimate of drug-likeness (QED) is 0.866. The predicted octanol–water partition coefficient (Wildman–Crippen LogP) is 2.58. The van der Waals surface area contributed by atoms with Gasteiger partial charge in [-0.1, -0.05) is 26.2 Å². The highest BCUT2D eigenvalue weighted by molar-refractivity contribution is 5.80. The van der Waals surface area contributed by atoms with Crippen LogP contribution in [-0.4, -0.2) is 36.3 Å². The molecule has 1 unspecified atom stereocenters. The van der Waals surface area contributed by atoms with Crippen LogP contribution in [0.15, 0.2) is 0 Å². The standard InChI is InChI=1S/C17H30N2O2/c1-3-14-6-8-15(9-7-14)11-18-17(21)16-5-4-10-19(12-16)13(2)20/h14-16H,3-12H2,1-2H3,(H,18,21). The van der Waals surface area contributed by atoms with Gasteiger partial charge in [0.1, 0.15) is 0 Å². The molecule has 1 saturated heterocycles. The van der Waals surface area contributed by atoms with Gasteiger partial charge >= 0.3 is 0 Å². The summed E-state index contributed by atoms with van der Waals surface area (Å²) in [4.78, 5) is 25.5. The summed E-state index contributed by atoms with van der Waals surface area (Å²) < 4.78 is 0. The summed E-state index contributed by atoms with van der Waals surface area (Å²) in [5.41, 5.74) is 0. The first-order valence-corrected chi connectivity index (χ1v) is 8.63. The predicted molar refractivity (Wildman–Crippen MR) is 83.7 cm³/mol. The van der Waals surface area contributed by atoms with Gasteiger partial charge in [0.2, 0.25) is 11.8 Å².